The average Bonchev–Trinajstić information content (AvgIpc) is 2.44. The molecule has 1 N–H and O–H groups in total. The van der Waals surface area contributed by atoms with Crippen LogP contribution in [0.2, 0.25) is 0 Å². The lowest BCUT2D eigenvalue weighted by Gasteiger charge is -2.38. The van der Waals surface area contributed by atoms with E-state index in [1.54, 1.807) is 4.90 Å². The minimum atomic E-state index is -1.11. The summed E-state index contributed by atoms with van der Waals surface area (Å²) in [6.45, 7) is 8.60. The standard InChI is InChI=1S/C17H23NO4/c1-10(2)12-6-5-7-13-17(12)22-14(11(3)4)9-18(13)15(19)8-16(20)21/h5-7,10-11,14H,8-9H2,1-4H3,(H,20,21). The molecule has 0 saturated heterocycles. The van der Waals surface area contributed by atoms with Crippen molar-refractivity contribution in [2.75, 3.05) is 11.4 Å². The number of carboxylic acid groups (broad SMARTS) is 1. The van der Waals surface area contributed by atoms with E-state index in [4.69, 9.17) is 9.84 Å². The van der Waals surface area contributed by atoms with Crippen molar-refractivity contribution in [2.45, 2.75) is 46.1 Å². The number of ether oxygens (including phenoxy) is 1. The van der Waals surface area contributed by atoms with Gasteiger partial charge in [-0.25, -0.2) is 0 Å². The summed E-state index contributed by atoms with van der Waals surface area (Å²) >= 11 is 0. The lowest BCUT2D eigenvalue weighted by atomic mass is 9.97. The molecule has 5 heteroatoms. The monoisotopic (exact) mass is 305 g/mol. The molecule has 0 spiro atoms. The van der Waals surface area contributed by atoms with Crippen molar-refractivity contribution in [2.24, 2.45) is 5.92 Å². The summed E-state index contributed by atoms with van der Waals surface area (Å²) in [4.78, 5) is 24.7. The van der Waals surface area contributed by atoms with Crippen molar-refractivity contribution in [3.63, 3.8) is 0 Å². The Bertz CT molecular complexity index is 580. The number of carboxylic acids is 1. The number of rotatable bonds is 4. The van der Waals surface area contributed by atoms with E-state index in [1.165, 1.54) is 0 Å². The first-order valence-electron chi connectivity index (χ1n) is 7.63. The van der Waals surface area contributed by atoms with Crippen LogP contribution in [0.15, 0.2) is 18.2 Å². The third-order valence-electron chi connectivity index (χ3n) is 3.92. The average molecular weight is 305 g/mol. The molecule has 1 aromatic carbocycles. The number of hydrogen-bond acceptors (Lipinski definition) is 3. The largest absolute Gasteiger partial charge is 0.486 e. The normalized spacial score (nSPS) is 17.4. The first-order chi connectivity index (χ1) is 10.3. The van der Waals surface area contributed by atoms with Crippen molar-refractivity contribution in [3.8, 4) is 5.75 Å². The van der Waals surface area contributed by atoms with Gasteiger partial charge in [-0.3, -0.25) is 9.59 Å². The van der Waals surface area contributed by atoms with Gasteiger partial charge >= 0.3 is 5.97 Å². The number of nitrogens with zero attached hydrogens (tertiary/aromatic N) is 1. The van der Waals surface area contributed by atoms with E-state index in [9.17, 15) is 9.59 Å². The van der Waals surface area contributed by atoms with Crippen molar-refractivity contribution >= 4 is 17.6 Å². The SMILES string of the molecule is CC(C)c1cccc2c1OC(C(C)C)CN2C(=O)CC(=O)O. The van der Waals surface area contributed by atoms with E-state index < -0.39 is 18.3 Å². The maximum Gasteiger partial charge on any atom is 0.312 e. The summed E-state index contributed by atoms with van der Waals surface area (Å²) in [5.74, 6) is -0.310. The van der Waals surface area contributed by atoms with Crippen molar-refractivity contribution in [1.82, 2.24) is 0 Å². The van der Waals surface area contributed by atoms with Crippen LogP contribution >= 0.6 is 0 Å². The molecule has 120 valence electrons. The number of hydrogen-bond donors (Lipinski definition) is 1. The van der Waals surface area contributed by atoms with Crippen LogP contribution in [0, 0.1) is 5.92 Å². The van der Waals surface area contributed by atoms with Crippen molar-refractivity contribution < 1.29 is 19.4 Å². The van der Waals surface area contributed by atoms with Gasteiger partial charge in [-0.2, -0.15) is 0 Å². The molecule has 0 bridgehead atoms. The molecular weight excluding hydrogens is 282 g/mol. The molecule has 1 aromatic rings. The number of fused-ring (bicyclic) bond motifs is 1. The number of para-hydroxylation sites is 1. The number of carbonyl (C=O) groups is 2. The topological polar surface area (TPSA) is 66.8 Å². The molecular formula is C17H23NO4. The van der Waals surface area contributed by atoms with Crippen LogP contribution in [0.5, 0.6) is 5.75 Å². The van der Waals surface area contributed by atoms with Crippen LogP contribution in [0.1, 0.15) is 45.6 Å². The molecule has 1 amide bonds. The van der Waals surface area contributed by atoms with Crippen molar-refractivity contribution in [1.29, 1.82) is 0 Å². The molecule has 1 unspecified atom stereocenters. The van der Waals surface area contributed by atoms with Gasteiger partial charge in [0, 0.05) is 0 Å². The summed E-state index contributed by atoms with van der Waals surface area (Å²) in [6, 6.07) is 5.69. The van der Waals surface area contributed by atoms with E-state index in [0.29, 0.717) is 18.0 Å². The Labute approximate surface area is 130 Å². The van der Waals surface area contributed by atoms with E-state index in [2.05, 4.69) is 13.8 Å². The van der Waals surface area contributed by atoms with Crippen LogP contribution in [-0.4, -0.2) is 29.6 Å². The number of anilines is 1. The summed E-state index contributed by atoms with van der Waals surface area (Å²) in [6.07, 6.45) is -0.638. The van der Waals surface area contributed by atoms with Gasteiger partial charge in [0.25, 0.3) is 0 Å². The Morgan fingerprint density at radius 1 is 1.32 bits per heavy atom. The van der Waals surface area contributed by atoms with Gasteiger partial charge in [0.2, 0.25) is 5.91 Å². The highest BCUT2D eigenvalue weighted by molar-refractivity contribution is 6.04. The summed E-state index contributed by atoms with van der Waals surface area (Å²) in [5, 5.41) is 8.90. The second kappa shape index (κ2) is 6.38. The highest BCUT2D eigenvalue weighted by Gasteiger charge is 2.33. The molecule has 5 nitrogen and oxygen atoms in total. The molecule has 0 aliphatic carbocycles. The van der Waals surface area contributed by atoms with Crippen molar-refractivity contribution in [3.05, 3.63) is 23.8 Å². The minimum absolute atomic E-state index is 0.134. The molecule has 0 saturated carbocycles. The molecule has 2 rings (SSSR count). The van der Waals surface area contributed by atoms with Gasteiger partial charge in [-0.15, -0.1) is 0 Å². The molecule has 1 aliphatic heterocycles. The second-order valence-corrected chi connectivity index (χ2v) is 6.33. The third kappa shape index (κ3) is 3.24. The van der Waals surface area contributed by atoms with E-state index in [0.717, 1.165) is 5.56 Å². The number of carbonyl (C=O) groups excluding carboxylic acids is 1. The zero-order valence-electron chi connectivity index (χ0n) is 13.5. The Morgan fingerprint density at radius 3 is 2.55 bits per heavy atom. The first kappa shape index (κ1) is 16.3. The number of aliphatic carboxylic acids is 1. The fourth-order valence-electron chi connectivity index (χ4n) is 2.61. The minimum Gasteiger partial charge on any atom is -0.486 e. The maximum absolute atomic E-state index is 12.3. The number of amides is 1. The number of benzene rings is 1. The lowest BCUT2D eigenvalue weighted by Crippen LogP contribution is -2.46. The molecule has 1 heterocycles. The summed E-state index contributed by atoms with van der Waals surface area (Å²) < 4.78 is 6.13. The molecule has 0 fully saturated rings. The Balaban J connectivity index is 2.46. The zero-order chi connectivity index (χ0) is 16.4. The van der Waals surface area contributed by atoms with Crippen LogP contribution in [0.4, 0.5) is 5.69 Å². The Kier molecular flexibility index (Phi) is 4.74. The van der Waals surface area contributed by atoms with E-state index in [-0.39, 0.29) is 17.9 Å². The van der Waals surface area contributed by atoms with Gasteiger partial charge in [-0.05, 0) is 23.5 Å². The van der Waals surface area contributed by atoms with Crippen LogP contribution in [0.3, 0.4) is 0 Å². The maximum atomic E-state index is 12.3. The molecule has 0 aromatic heterocycles. The van der Waals surface area contributed by atoms with E-state index in [1.807, 2.05) is 32.0 Å². The Morgan fingerprint density at radius 2 is 2.00 bits per heavy atom. The van der Waals surface area contributed by atoms with Crippen LogP contribution in [0.25, 0.3) is 0 Å². The van der Waals surface area contributed by atoms with Crippen LogP contribution in [-0.2, 0) is 9.59 Å². The Hall–Kier alpha value is -2.04. The second-order valence-electron chi connectivity index (χ2n) is 6.33. The highest BCUT2D eigenvalue weighted by Crippen LogP contribution is 2.41. The zero-order valence-corrected chi connectivity index (χ0v) is 13.5. The third-order valence-corrected chi connectivity index (χ3v) is 3.92. The summed E-state index contributed by atoms with van der Waals surface area (Å²) in [5.41, 5.74) is 1.71. The van der Waals surface area contributed by atoms with Gasteiger partial charge in [0.05, 0.1) is 12.2 Å². The van der Waals surface area contributed by atoms with Gasteiger partial charge in [0.1, 0.15) is 18.3 Å². The van der Waals surface area contributed by atoms with Crippen LogP contribution < -0.4 is 9.64 Å². The van der Waals surface area contributed by atoms with Gasteiger partial charge < -0.3 is 14.7 Å². The first-order valence-corrected chi connectivity index (χ1v) is 7.63. The molecule has 22 heavy (non-hydrogen) atoms. The fourth-order valence-corrected chi connectivity index (χ4v) is 2.61. The predicted octanol–water partition coefficient (Wildman–Crippen LogP) is 3.03. The summed E-state index contributed by atoms with van der Waals surface area (Å²) in [7, 11) is 0. The predicted molar refractivity (Wildman–Crippen MR) is 84.4 cm³/mol. The molecule has 1 aliphatic rings. The van der Waals surface area contributed by atoms with Gasteiger partial charge in [0.15, 0.2) is 0 Å². The molecule has 0 radical (unpaired) electrons. The smallest absolute Gasteiger partial charge is 0.312 e. The van der Waals surface area contributed by atoms with Gasteiger partial charge in [-0.1, -0.05) is 39.8 Å². The highest BCUT2D eigenvalue weighted by atomic mass is 16.5. The molecule has 1 atom stereocenters. The quantitative estimate of drug-likeness (QED) is 0.868. The fraction of sp³-hybridized carbons (Fsp3) is 0.529. The lowest BCUT2D eigenvalue weighted by molar-refractivity contribution is -0.140. The van der Waals surface area contributed by atoms with E-state index >= 15 is 0 Å².